The summed E-state index contributed by atoms with van der Waals surface area (Å²) >= 11 is 0. The maximum absolute atomic E-state index is 12.6. The van der Waals surface area contributed by atoms with Crippen LogP contribution in [0.2, 0.25) is 0 Å². The van der Waals surface area contributed by atoms with E-state index >= 15 is 0 Å². The Morgan fingerprint density at radius 1 is 1.26 bits per heavy atom. The van der Waals surface area contributed by atoms with Gasteiger partial charge in [0.2, 0.25) is 5.91 Å². The van der Waals surface area contributed by atoms with Crippen molar-refractivity contribution < 1.29 is 14.3 Å². The van der Waals surface area contributed by atoms with Gasteiger partial charge in [-0.1, -0.05) is 6.92 Å². The van der Waals surface area contributed by atoms with Crippen LogP contribution in [-0.2, 0) is 4.79 Å². The molecule has 6 heteroatoms. The van der Waals surface area contributed by atoms with Crippen LogP contribution in [-0.4, -0.2) is 50.0 Å². The Bertz CT molecular complexity index is 665. The van der Waals surface area contributed by atoms with Crippen molar-refractivity contribution in [2.24, 2.45) is 11.8 Å². The smallest absolute Gasteiger partial charge is 0.253 e. The Hall–Kier alpha value is -2.08. The highest BCUT2D eigenvalue weighted by molar-refractivity contribution is 5.98. The summed E-state index contributed by atoms with van der Waals surface area (Å²) in [4.78, 5) is 27.1. The van der Waals surface area contributed by atoms with Crippen LogP contribution in [0.1, 0.15) is 49.4 Å². The molecule has 0 spiro atoms. The zero-order valence-electron chi connectivity index (χ0n) is 16.4. The summed E-state index contributed by atoms with van der Waals surface area (Å²) in [6.07, 6.45) is 4.84. The van der Waals surface area contributed by atoms with Crippen molar-refractivity contribution >= 4 is 17.5 Å². The summed E-state index contributed by atoms with van der Waals surface area (Å²) < 4.78 is 5.38. The fourth-order valence-electron chi connectivity index (χ4n) is 4.12. The summed E-state index contributed by atoms with van der Waals surface area (Å²) in [5.41, 5.74) is 1.17. The number of methoxy groups -OCH3 is 1. The van der Waals surface area contributed by atoms with Crippen molar-refractivity contribution in [3.05, 3.63) is 23.8 Å². The van der Waals surface area contributed by atoms with Crippen molar-refractivity contribution in [1.82, 2.24) is 10.2 Å². The van der Waals surface area contributed by atoms with Gasteiger partial charge in [-0.2, -0.15) is 0 Å². The average molecular weight is 373 g/mol. The topological polar surface area (TPSA) is 70.7 Å². The second-order valence-corrected chi connectivity index (χ2v) is 7.73. The molecule has 2 fully saturated rings. The highest BCUT2D eigenvalue weighted by atomic mass is 16.5. The standard InChI is InChI=1S/C21H31N3O3/c1-15(16-7-9-22-10-8-16)13-20(25)23-18-14-17(5-6-19(18)27-2)21(26)24-11-3-4-12-24/h5-6,14-16,22H,3-4,7-13H2,1-2H3,(H,23,25). The summed E-state index contributed by atoms with van der Waals surface area (Å²) in [5, 5.41) is 6.33. The predicted molar refractivity (Wildman–Crippen MR) is 106 cm³/mol. The summed E-state index contributed by atoms with van der Waals surface area (Å²) in [6, 6.07) is 5.27. The number of anilines is 1. The van der Waals surface area contributed by atoms with Gasteiger partial charge in [0.05, 0.1) is 12.8 Å². The third kappa shape index (κ3) is 5.01. The lowest BCUT2D eigenvalue weighted by Gasteiger charge is -2.28. The minimum atomic E-state index is -0.0231. The number of carbonyl (C=O) groups is 2. The van der Waals surface area contributed by atoms with E-state index in [1.807, 2.05) is 4.90 Å². The lowest BCUT2D eigenvalue weighted by molar-refractivity contribution is -0.117. The second kappa shape index (κ2) is 9.22. The number of nitrogens with one attached hydrogen (secondary N) is 2. The third-order valence-electron chi connectivity index (χ3n) is 5.81. The molecule has 27 heavy (non-hydrogen) atoms. The Balaban J connectivity index is 1.65. The van der Waals surface area contributed by atoms with E-state index in [2.05, 4.69) is 17.6 Å². The van der Waals surface area contributed by atoms with Crippen LogP contribution in [0.5, 0.6) is 5.75 Å². The molecule has 1 atom stereocenters. The number of piperidine rings is 1. The van der Waals surface area contributed by atoms with E-state index in [4.69, 9.17) is 4.74 Å². The fourth-order valence-corrected chi connectivity index (χ4v) is 4.12. The molecule has 0 aliphatic carbocycles. The average Bonchev–Trinajstić information content (AvgIpc) is 3.22. The van der Waals surface area contributed by atoms with Gasteiger partial charge in [0, 0.05) is 25.1 Å². The molecule has 2 saturated heterocycles. The van der Waals surface area contributed by atoms with E-state index in [9.17, 15) is 9.59 Å². The number of benzene rings is 1. The van der Waals surface area contributed by atoms with Crippen molar-refractivity contribution in [3.63, 3.8) is 0 Å². The van der Waals surface area contributed by atoms with Gasteiger partial charge in [0.25, 0.3) is 5.91 Å². The van der Waals surface area contributed by atoms with E-state index in [1.165, 1.54) is 0 Å². The molecule has 0 radical (unpaired) electrons. The van der Waals surface area contributed by atoms with E-state index in [0.717, 1.165) is 51.9 Å². The van der Waals surface area contributed by atoms with Crippen LogP contribution in [0.15, 0.2) is 18.2 Å². The highest BCUT2D eigenvalue weighted by Gasteiger charge is 2.24. The van der Waals surface area contributed by atoms with Crippen molar-refractivity contribution in [2.75, 3.05) is 38.6 Å². The molecule has 3 rings (SSSR count). The molecule has 2 N–H and O–H groups in total. The first kappa shape index (κ1) is 19.7. The first-order chi connectivity index (χ1) is 13.1. The molecule has 2 aliphatic heterocycles. The molecule has 2 heterocycles. The van der Waals surface area contributed by atoms with Crippen LogP contribution in [0.3, 0.4) is 0 Å². The fraction of sp³-hybridized carbons (Fsp3) is 0.619. The largest absolute Gasteiger partial charge is 0.495 e. The first-order valence-corrected chi connectivity index (χ1v) is 10.1. The zero-order valence-corrected chi connectivity index (χ0v) is 16.4. The Morgan fingerprint density at radius 3 is 2.63 bits per heavy atom. The van der Waals surface area contributed by atoms with Gasteiger partial charge < -0.3 is 20.3 Å². The minimum absolute atomic E-state index is 0.0220. The molecule has 1 unspecified atom stereocenters. The van der Waals surface area contributed by atoms with Crippen LogP contribution in [0.25, 0.3) is 0 Å². The number of hydrogen-bond donors (Lipinski definition) is 2. The molecule has 0 bridgehead atoms. The first-order valence-electron chi connectivity index (χ1n) is 10.1. The lowest BCUT2D eigenvalue weighted by atomic mass is 9.84. The van der Waals surface area contributed by atoms with Crippen LogP contribution in [0, 0.1) is 11.8 Å². The van der Waals surface area contributed by atoms with E-state index < -0.39 is 0 Å². The van der Waals surface area contributed by atoms with E-state index in [1.54, 1.807) is 25.3 Å². The van der Waals surface area contributed by atoms with Gasteiger partial charge >= 0.3 is 0 Å². The molecule has 6 nitrogen and oxygen atoms in total. The van der Waals surface area contributed by atoms with Crippen LogP contribution < -0.4 is 15.4 Å². The van der Waals surface area contributed by atoms with Gasteiger partial charge in [-0.05, 0) is 68.8 Å². The molecule has 1 aromatic rings. The molecular formula is C21H31N3O3. The number of rotatable bonds is 6. The number of hydrogen-bond acceptors (Lipinski definition) is 4. The molecule has 0 saturated carbocycles. The maximum atomic E-state index is 12.6. The molecular weight excluding hydrogens is 342 g/mol. The van der Waals surface area contributed by atoms with Crippen molar-refractivity contribution in [2.45, 2.75) is 39.0 Å². The van der Waals surface area contributed by atoms with Gasteiger partial charge in [-0.25, -0.2) is 0 Å². The predicted octanol–water partition coefficient (Wildman–Crippen LogP) is 2.90. The third-order valence-corrected chi connectivity index (χ3v) is 5.81. The highest BCUT2D eigenvalue weighted by Crippen LogP contribution is 2.29. The maximum Gasteiger partial charge on any atom is 0.253 e. The van der Waals surface area contributed by atoms with Gasteiger partial charge in [0.15, 0.2) is 0 Å². The van der Waals surface area contributed by atoms with E-state index in [0.29, 0.717) is 35.3 Å². The monoisotopic (exact) mass is 373 g/mol. The molecule has 148 valence electrons. The number of carbonyl (C=O) groups excluding carboxylic acids is 2. The quantitative estimate of drug-likeness (QED) is 0.804. The number of nitrogens with zero attached hydrogens (tertiary/aromatic N) is 1. The molecule has 2 aliphatic rings. The molecule has 0 aromatic heterocycles. The van der Waals surface area contributed by atoms with Crippen molar-refractivity contribution in [3.8, 4) is 5.75 Å². The molecule has 1 aromatic carbocycles. The second-order valence-electron chi connectivity index (χ2n) is 7.73. The summed E-state index contributed by atoms with van der Waals surface area (Å²) in [5.74, 6) is 1.50. The molecule has 2 amide bonds. The Morgan fingerprint density at radius 2 is 1.96 bits per heavy atom. The number of likely N-dealkylation sites (tertiary alicyclic amines) is 1. The van der Waals surface area contributed by atoms with E-state index in [-0.39, 0.29) is 11.8 Å². The van der Waals surface area contributed by atoms with Crippen LogP contribution in [0.4, 0.5) is 5.69 Å². The SMILES string of the molecule is COc1ccc(C(=O)N2CCCC2)cc1NC(=O)CC(C)C1CCNCC1. The normalized spacial score (nSPS) is 19.0. The van der Waals surface area contributed by atoms with Crippen molar-refractivity contribution in [1.29, 1.82) is 0 Å². The summed E-state index contributed by atoms with van der Waals surface area (Å²) in [6.45, 7) is 5.83. The Labute approximate surface area is 161 Å². The van der Waals surface area contributed by atoms with Crippen LogP contribution >= 0.6 is 0 Å². The Kier molecular flexibility index (Phi) is 6.72. The van der Waals surface area contributed by atoms with Gasteiger partial charge in [-0.3, -0.25) is 9.59 Å². The van der Waals surface area contributed by atoms with Gasteiger partial charge in [-0.15, -0.1) is 0 Å². The van der Waals surface area contributed by atoms with Gasteiger partial charge in [0.1, 0.15) is 5.75 Å². The summed E-state index contributed by atoms with van der Waals surface area (Å²) in [7, 11) is 1.57. The zero-order chi connectivity index (χ0) is 19.2. The number of ether oxygens (including phenoxy) is 1. The lowest BCUT2D eigenvalue weighted by Crippen LogP contribution is -2.32. The minimum Gasteiger partial charge on any atom is -0.495 e. The number of amides is 2.